The Morgan fingerprint density at radius 1 is 1.12 bits per heavy atom. The van der Waals surface area contributed by atoms with Crippen molar-refractivity contribution in [2.24, 2.45) is 0 Å². The maximum Gasteiger partial charge on any atom is 0.337 e. The third-order valence-corrected chi connectivity index (χ3v) is 3.14. The highest BCUT2D eigenvalue weighted by atomic mass is 16.4. The summed E-state index contributed by atoms with van der Waals surface area (Å²) >= 11 is 0. The van der Waals surface area contributed by atoms with Gasteiger partial charge in [-0.25, -0.2) is 14.4 Å². The Morgan fingerprint density at radius 3 is 2.33 bits per heavy atom. The fraction of sp³-hybridized carbons (Fsp3) is 0.438. The van der Waals surface area contributed by atoms with Gasteiger partial charge in [0.25, 0.3) is 0 Å². The molecule has 1 rings (SSSR count). The molecule has 0 heterocycles. The summed E-state index contributed by atoms with van der Waals surface area (Å²) < 4.78 is 0. The minimum atomic E-state index is -1.17. The second kappa shape index (κ2) is 8.76. The molecule has 5 N–H and O–H groups in total. The van der Waals surface area contributed by atoms with Crippen molar-refractivity contribution in [3.05, 3.63) is 23.3 Å². The lowest BCUT2D eigenvalue weighted by atomic mass is 10.1. The summed E-state index contributed by atoms with van der Waals surface area (Å²) in [7, 11) is 0. The number of nitrogens with one attached hydrogen (secondary N) is 4. The van der Waals surface area contributed by atoms with Gasteiger partial charge in [0.2, 0.25) is 0 Å². The van der Waals surface area contributed by atoms with Crippen molar-refractivity contribution >= 4 is 29.4 Å². The number of carboxylic acid groups (broad SMARTS) is 1. The van der Waals surface area contributed by atoms with Gasteiger partial charge in [-0.05, 0) is 44.9 Å². The van der Waals surface area contributed by atoms with Crippen molar-refractivity contribution in [3.8, 4) is 0 Å². The Kier molecular flexibility index (Phi) is 7.03. The predicted octanol–water partition coefficient (Wildman–Crippen LogP) is 2.75. The Morgan fingerprint density at radius 2 is 1.79 bits per heavy atom. The highest BCUT2D eigenvalue weighted by Gasteiger charge is 2.18. The molecule has 24 heavy (non-hydrogen) atoms. The lowest BCUT2D eigenvalue weighted by Gasteiger charge is -2.17. The molecule has 8 nitrogen and oxygen atoms in total. The van der Waals surface area contributed by atoms with Crippen LogP contribution in [0.2, 0.25) is 0 Å². The monoisotopic (exact) mass is 336 g/mol. The molecular formula is C16H24N4O4. The Balaban J connectivity index is 3.09. The summed E-state index contributed by atoms with van der Waals surface area (Å²) in [6.45, 7) is 7.68. The first kappa shape index (κ1) is 19.3. The minimum absolute atomic E-state index is 0.0501. The molecule has 0 spiro atoms. The summed E-state index contributed by atoms with van der Waals surface area (Å²) in [5, 5.41) is 19.8. The van der Waals surface area contributed by atoms with Gasteiger partial charge in [-0.15, -0.1) is 0 Å². The van der Waals surface area contributed by atoms with Crippen molar-refractivity contribution in [2.45, 2.75) is 40.2 Å². The van der Waals surface area contributed by atoms with Crippen LogP contribution in [0.25, 0.3) is 0 Å². The van der Waals surface area contributed by atoms with Crippen molar-refractivity contribution in [1.82, 2.24) is 10.6 Å². The third-order valence-electron chi connectivity index (χ3n) is 3.14. The summed E-state index contributed by atoms with van der Waals surface area (Å²) in [5.41, 5.74) is 0.980. The highest BCUT2D eigenvalue weighted by molar-refractivity contribution is 6.03. The number of rotatable bonds is 6. The Hall–Kier alpha value is -2.77. The highest BCUT2D eigenvalue weighted by Crippen LogP contribution is 2.28. The minimum Gasteiger partial charge on any atom is -0.478 e. The molecule has 0 aliphatic heterocycles. The zero-order valence-corrected chi connectivity index (χ0v) is 14.3. The number of carbonyl (C=O) groups is 3. The van der Waals surface area contributed by atoms with E-state index >= 15 is 0 Å². The van der Waals surface area contributed by atoms with Crippen molar-refractivity contribution in [2.75, 3.05) is 17.2 Å². The molecule has 0 aliphatic rings. The van der Waals surface area contributed by atoms with Crippen LogP contribution in [-0.2, 0) is 0 Å². The molecule has 1 aromatic carbocycles. The van der Waals surface area contributed by atoms with Crippen molar-refractivity contribution in [1.29, 1.82) is 0 Å². The van der Waals surface area contributed by atoms with E-state index in [4.69, 9.17) is 0 Å². The van der Waals surface area contributed by atoms with Crippen molar-refractivity contribution < 1.29 is 19.5 Å². The van der Waals surface area contributed by atoms with E-state index in [1.807, 2.05) is 6.92 Å². The molecule has 0 bridgehead atoms. The van der Waals surface area contributed by atoms with Crippen LogP contribution in [0, 0.1) is 6.92 Å². The number of anilines is 2. The molecule has 0 unspecified atom stereocenters. The van der Waals surface area contributed by atoms with Crippen molar-refractivity contribution in [3.63, 3.8) is 0 Å². The smallest absolute Gasteiger partial charge is 0.337 e. The van der Waals surface area contributed by atoms with E-state index in [0.717, 1.165) is 6.42 Å². The van der Waals surface area contributed by atoms with E-state index in [1.165, 1.54) is 12.1 Å². The first-order chi connectivity index (χ1) is 11.3. The van der Waals surface area contributed by atoms with Crippen LogP contribution in [0.3, 0.4) is 0 Å². The molecule has 0 saturated carbocycles. The van der Waals surface area contributed by atoms with Gasteiger partial charge in [-0.2, -0.15) is 0 Å². The van der Waals surface area contributed by atoms with E-state index in [-0.39, 0.29) is 23.3 Å². The van der Waals surface area contributed by atoms with Crippen LogP contribution in [0.15, 0.2) is 12.1 Å². The second-order valence-electron chi connectivity index (χ2n) is 5.60. The first-order valence-corrected chi connectivity index (χ1v) is 7.75. The molecular weight excluding hydrogens is 312 g/mol. The maximum absolute atomic E-state index is 11.9. The summed E-state index contributed by atoms with van der Waals surface area (Å²) in [6, 6.07) is 1.84. The van der Waals surface area contributed by atoms with E-state index in [0.29, 0.717) is 17.8 Å². The fourth-order valence-corrected chi connectivity index (χ4v) is 2.00. The molecule has 0 saturated heterocycles. The molecule has 4 amide bonds. The van der Waals surface area contributed by atoms with Gasteiger partial charge in [0.15, 0.2) is 0 Å². The van der Waals surface area contributed by atoms with Gasteiger partial charge in [0, 0.05) is 18.3 Å². The zero-order chi connectivity index (χ0) is 18.3. The van der Waals surface area contributed by atoms with Crippen LogP contribution in [0.5, 0.6) is 0 Å². The lowest BCUT2D eigenvalue weighted by molar-refractivity contribution is 0.0698. The first-order valence-electron chi connectivity index (χ1n) is 7.75. The third kappa shape index (κ3) is 5.45. The van der Waals surface area contributed by atoms with E-state index in [1.54, 1.807) is 20.8 Å². The predicted molar refractivity (Wildman–Crippen MR) is 92.7 cm³/mol. The average Bonchev–Trinajstić information content (AvgIpc) is 2.48. The second-order valence-corrected chi connectivity index (χ2v) is 5.60. The average molecular weight is 336 g/mol. The van der Waals surface area contributed by atoms with Crippen LogP contribution < -0.4 is 21.3 Å². The van der Waals surface area contributed by atoms with E-state index in [2.05, 4.69) is 21.3 Å². The molecule has 0 atom stereocenters. The quantitative estimate of drug-likeness (QED) is 0.548. The number of amides is 4. The number of urea groups is 2. The lowest BCUT2D eigenvalue weighted by Crippen LogP contribution is -2.35. The number of hydrogen-bond acceptors (Lipinski definition) is 3. The number of aromatic carboxylic acids is 1. The van der Waals surface area contributed by atoms with Gasteiger partial charge < -0.3 is 26.4 Å². The van der Waals surface area contributed by atoms with Gasteiger partial charge in [0.1, 0.15) is 0 Å². The van der Waals surface area contributed by atoms with Crippen LogP contribution >= 0.6 is 0 Å². The standard InChI is InChI=1S/C16H24N4O4/c1-5-8-17-15(23)19-12-7-6-11(14(21)22)13(10(12)4)20-16(24)18-9(2)3/h6-7,9H,5,8H2,1-4H3,(H,21,22)(H2,17,19,23)(H2,18,20,24). The summed E-state index contributed by atoms with van der Waals surface area (Å²) in [6.07, 6.45) is 0.798. The molecule has 132 valence electrons. The van der Waals surface area contributed by atoms with Gasteiger partial charge in [-0.1, -0.05) is 6.92 Å². The fourth-order valence-electron chi connectivity index (χ4n) is 2.00. The molecule has 8 heteroatoms. The molecule has 0 aromatic heterocycles. The molecule has 0 aliphatic carbocycles. The summed E-state index contributed by atoms with van der Waals surface area (Å²) in [5.74, 6) is -1.17. The van der Waals surface area contributed by atoms with Crippen LogP contribution in [0.1, 0.15) is 43.1 Å². The normalized spacial score (nSPS) is 10.2. The van der Waals surface area contributed by atoms with Crippen LogP contribution in [-0.4, -0.2) is 35.7 Å². The maximum atomic E-state index is 11.9. The number of carboxylic acids is 1. The van der Waals surface area contributed by atoms with E-state index in [9.17, 15) is 19.5 Å². The topological polar surface area (TPSA) is 120 Å². The molecule has 1 aromatic rings. The SMILES string of the molecule is CCCNC(=O)Nc1ccc(C(=O)O)c(NC(=O)NC(C)C)c1C. The Labute approximate surface area is 141 Å². The molecule has 0 radical (unpaired) electrons. The van der Waals surface area contributed by atoms with E-state index < -0.39 is 12.0 Å². The van der Waals surface area contributed by atoms with Gasteiger partial charge in [-0.3, -0.25) is 0 Å². The molecule has 0 fully saturated rings. The summed E-state index contributed by atoms with van der Waals surface area (Å²) in [4.78, 5) is 35.1. The zero-order valence-electron chi connectivity index (χ0n) is 14.3. The Bertz CT molecular complexity index is 629. The number of benzene rings is 1. The van der Waals surface area contributed by atoms with Gasteiger partial charge in [0.05, 0.1) is 11.3 Å². The number of hydrogen-bond donors (Lipinski definition) is 5. The van der Waals surface area contributed by atoms with Gasteiger partial charge >= 0.3 is 18.0 Å². The van der Waals surface area contributed by atoms with Crippen LogP contribution in [0.4, 0.5) is 21.0 Å². The number of carbonyl (C=O) groups excluding carboxylic acids is 2. The largest absolute Gasteiger partial charge is 0.478 e.